The molecule has 2 rings (SSSR count). The second-order valence-electron chi connectivity index (χ2n) is 7.74. The Labute approximate surface area is 146 Å². The molecular weight excluding hydrogens is 306 g/mol. The molecule has 0 spiro atoms. The number of rotatable bonds is 7. The van der Waals surface area contributed by atoms with Gasteiger partial charge in [0.15, 0.2) is 5.96 Å². The summed E-state index contributed by atoms with van der Waals surface area (Å²) in [5.74, 6) is 0.854. The van der Waals surface area contributed by atoms with Gasteiger partial charge in [0.25, 0.3) is 0 Å². The number of hydrogen-bond acceptors (Lipinski definition) is 4. The number of methoxy groups -OCH3 is 1. The summed E-state index contributed by atoms with van der Waals surface area (Å²) in [6, 6.07) is 0.539. The number of guanidine groups is 1. The molecule has 2 fully saturated rings. The minimum atomic E-state index is -0.0841. The second-order valence-corrected chi connectivity index (χ2v) is 7.74. The molecule has 6 heteroatoms. The van der Waals surface area contributed by atoms with E-state index in [1.807, 2.05) is 6.92 Å². The summed E-state index contributed by atoms with van der Waals surface area (Å²) in [4.78, 5) is 4.58. The summed E-state index contributed by atoms with van der Waals surface area (Å²) in [5, 5.41) is 7.03. The standard InChI is InChI=1S/C18H35N3O3/c1-7-19-16(20-13(2)11-24-14-8-9-23-12-14)21-15-10-18(5,22-6)17(15,3)4/h13-15H,7-12H2,1-6H3,(H2,19,20,21). The van der Waals surface area contributed by atoms with Crippen molar-refractivity contribution in [2.45, 2.75) is 71.2 Å². The smallest absolute Gasteiger partial charge is 0.191 e. The quantitative estimate of drug-likeness (QED) is 0.547. The fraction of sp³-hybridized carbons (Fsp3) is 0.944. The van der Waals surface area contributed by atoms with Crippen molar-refractivity contribution in [1.29, 1.82) is 0 Å². The van der Waals surface area contributed by atoms with Crippen molar-refractivity contribution < 1.29 is 14.2 Å². The fourth-order valence-corrected chi connectivity index (χ4v) is 3.38. The van der Waals surface area contributed by atoms with Crippen LogP contribution in [-0.4, -0.2) is 63.2 Å². The molecule has 1 aliphatic heterocycles. The summed E-state index contributed by atoms with van der Waals surface area (Å²) < 4.78 is 16.9. The normalized spacial score (nSPS) is 33.8. The first-order valence-corrected chi connectivity index (χ1v) is 9.14. The van der Waals surface area contributed by atoms with Crippen molar-refractivity contribution >= 4 is 5.96 Å². The Kier molecular flexibility index (Phi) is 6.51. The molecule has 24 heavy (non-hydrogen) atoms. The van der Waals surface area contributed by atoms with Crippen LogP contribution in [0.15, 0.2) is 4.99 Å². The maximum absolute atomic E-state index is 5.89. The lowest BCUT2D eigenvalue weighted by Gasteiger charge is -2.59. The van der Waals surface area contributed by atoms with E-state index in [-0.39, 0.29) is 23.2 Å². The van der Waals surface area contributed by atoms with E-state index in [9.17, 15) is 0 Å². The van der Waals surface area contributed by atoms with Crippen LogP contribution >= 0.6 is 0 Å². The van der Waals surface area contributed by atoms with E-state index in [2.05, 4.69) is 43.3 Å². The molecule has 2 aliphatic rings. The molecule has 4 atom stereocenters. The first kappa shape index (κ1) is 19.5. The third-order valence-electron chi connectivity index (χ3n) is 5.76. The first-order valence-electron chi connectivity index (χ1n) is 9.14. The van der Waals surface area contributed by atoms with Gasteiger partial charge in [-0.1, -0.05) is 13.8 Å². The lowest BCUT2D eigenvalue weighted by molar-refractivity contribution is -0.176. The highest BCUT2D eigenvalue weighted by Gasteiger charge is 2.58. The van der Waals surface area contributed by atoms with Crippen LogP contribution in [0.4, 0.5) is 0 Å². The molecule has 0 bridgehead atoms. The third kappa shape index (κ3) is 4.21. The highest BCUT2D eigenvalue weighted by molar-refractivity contribution is 5.80. The van der Waals surface area contributed by atoms with Gasteiger partial charge in [-0.25, -0.2) is 0 Å². The summed E-state index contributed by atoms with van der Waals surface area (Å²) in [6.07, 6.45) is 2.21. The van der Waals surface area contributed by atoms with Crippen LogP contribution < -0.4 is 10.6 Å². The minimum Gasteiger partial charge on any atom is -0.379 e. The van der Waals surface area contributed by atoms with Crippen LogP contribution in [0, 0.1) is 5.41 Å². The molecule has 0 aromatic carbocycles. The van der Waals surface area contributed by atoms with E-state index in [1.54, 1.807) is 7.11 Å². The Morgan fingerprint density at radius 2 is 2.12 bits per heavy atom. The Hall–Kier alpha value is -0.850. The largest absolute Gasteiger partial charge is 0.379 e. The van der Waals surface area contributed by atoms with Crippen LogP contribution in [0.2, 0.25) is 0 Å². The molecule has 1 heterocycles. The molecule has 0 aromatic heterocycles. The molecule has 1 aliphatic carbocycles. The number of nitrogens with one attached hydrogen (secondary N) is 2. The monoisotopic (exact) mass is 341 g/mol. The van der Waals surface area contributed by atoms with E-state index >= 15 is 0 Å². The average Bonchev–Trinajstić information content (AvgIpc) is 3.05. The Morgan fingerprint density at radius 3 is 2.67 bits per heavy atom. The fourth-order valence-electron chi connectivity index (χ4n) is 3.38. The lowest BCUT2D eigenvalue weighted by atomic mass is 9.56. The van der Waals surface area contributed by atoms with Gasteiger partial charge >= 0.3 is 0 Å². The summed E-state index contributed by atoms with van der Waals surface area (Å²) >= 11 is 0. The van der Waals surface area contributed by atoms with Crippen molar-refractivity contribution in [1.82, 2.24) is 10.6 Å². The van der Waals surface area contributed by atoms with Crippen LogP contribution in [0.5, 0.6) is 0 Å². The highest BCUT2D eigenvalue weighted by Crippen LogP contribution is 2.51. The summed E-state index contributed by atoms with van der Waals surface area (Å²) in [6.45, 7) is 13.8. The van der Waals surface area contributed by atoms with Gasteiger partial charge in [-0.2, -0.15) is 0 Å². The summed E-state index contributed by atoms with van der Waals surface area (Å²) in [5.41, 5.74) is -0.0297. The van der Waals surface area contributed by atoms with Gasteiger partial charge in [0.2, 0.25) is 0 Å². The van der Waals surface area contributed by atoms with E-state index in [4.69, 9.17) is 14.2 Å². The van der Waals surface area contributed by atoms with Gasteiger partial charge < -0.3 is 24.8 Å². The molecule has 4 unspecified atom stereocenters. The number of ether oxygens (including phenoxy) is 3. The maximum atomic E-state index is 5.89. The minimum absolute atomic E-state index is 0.0544. The number of aliphatic imine (C=N–C) groups is 1. The van der Waals surface area contributed by atoms with Crippen LogP contribution in [0.1, 0.15) is 47.5 Å². The van der Waals surface area contributed by atoms with Crippen LogP contribution in [0.3, 0.4) is 0 Å². The topological polar surface area (TPSA) is 64.1 Å². The van der Waals surface area contributed by atoms with Crippen molar-refractivity contribution in [3.05, 3.63) is 0 Å². The van der Waals surface area contributed by atoms with Crippen molar-refractivity contribution in [3.63, 3.8) is 0 Å². The molecule has 6 nitrogen and oxygen atoms in total. The van der Waals surface area contributed by atoms with Gasteiger partial charge in [-0.15, -0.1) is 0 Å². The van der Waals surface area contributed by atoms with E-state index < -0.39 is 0 Å². The Morgan fingerprint density at radius 1 is 1.38 bits per heavy atom. The van der Waals surface area contributed by atoms with Gasteiger partial charge in [-0.3, -0.25) is 4.99 Å². The molecule has 0 amide bonds. The predicted molar refractivity (Wildman–Crippen MR) is 96.5 cm³/mol. The van der Waals surface area contributed by atoms with Gasteiger partial charge in [0.05, 0.1) is 24.9 Å². The summed E-state index contributed by atoms with van der Waals surface area (Å²) in [7, 11) is 1.80. The molecule has 1 saturated heterocycles. The maximum Gasteiger partial charge on any atom is 0.191 e. The number of hydrogen-bond donors (Lipinski definition) is 2. The SMILES string of the molecule is CCN=C(NC(C)COC1CCOC1)NC1CC(C)(OC)C1(C)C. The van der Waals surface area contributed by atoms with E-state index in [0.717, 1.165) is 32.0 Å². The third-order valence-corrected chi connectivity index (χ3v) is 5.76. The van der Waals surface area contributed by atoms with Gasteiger partial charge in [0, 0.05) is 37.8 Å². The molecule has 1 saturated carbocycles. The Balaban J connectivity index is 1.83. The van der Waals surface area contributed by atoms with E-state index in [0.29, 0.717) is 19.3 Å². The van der Waals surface area contributed by atoms with Crippen LogP contribution in [0.25, 0.3) is 0 Å². The highest BCUT2D eigenvalue weighted by atomic mass is 16.5. The first-order chi connectivity index (χ1) is 11.3. The molecule has 2 N–H and O–H groups in total. The van der Waals surface area contributed by atoms with Crippen molar-refractivity contribution in [2.24, 2.45) is 10.4 Å². The molecule has 140 valence electrons. The molecule has 0 aromatic rings. The van der Waals surface area contributed by atoms with Crippen molar-refractivity contribution in [2.75, 3.05) is 33.5 Å². The average molecular weight is 341 g/mol. The number of nitrogens with zero attached hydrogens (tertiary/aromatic N) is 1. The van der Waals surface area contributed by atoms with Gasteiger partial charge in [-0.05, 0) is 33.6 Å². The molecular formula is C18H35N3O3. The van der Waals surface area contributed by atoms with Crippen molar-refractivity contribution in [3.8, 4) is 0 Å². The predicted octanol–water partition coefficient (Wildman–Crippen LogP) is 1.94. The zero-order valence-electron chi connectivity index (χ0n) is 16.1. The van der Waals surface area contributed by atoms with E-state index in [1.165, 1.54) is 0 Å². The Bertz CT molecular complexity index is 435. The zero-order valence-corrected chi connectivity index (χ0v) is 16.1. The zero-order chi connectivity index (χ0) is 17.8. The second kappa shape index (κ2) is 8.02. The lowest BCUT2D eigenvalue weighted by Crippen LogP contribution is -2.69. The van der Waals surface area contributed by atoms with Crippen LogP contribution in [-0.2, 0) is 14.2 Å². The molecule has 0 radical (unpaired) electrons. The van der Waals surface area contributed by atoms with Gasteiger partial charge in [0.1, 0.15) is 0 Å².